The molecule has 1 aromatic carbocycles. The van der Waals surface area contributed by atoms with E-state index in [0.717, 1.165) is 12.8 Å². The van der Waals surface area contributed by atoms with Crippen LogP contribution in [0, 0.1) is 5.92 Å². The van der Waals surface area contributed by atoms with E-state index in [4.69, 9.17) is 21.1 Å². The average Bonchev–Trinajstić information content (AvgIpc) is 3.91. The lowest BCUT2D eigenvalue weighted by molar-refractivity contribution is -0.141. The van der Waals surface area contributed by atoms with E-state index in [0.29, 0.717) is 30.7 Å². The molecular weight excluding hydrogens is 664 g/mol. The van der Waals surface area contributed by atoms with Crippen LogP contribution in [0.3, 0.4) is 0 Å². The van der Waals surface area contributed by atoms with Gasteiger partial charge in [0.2, 0.25) is 21.8 Å². The van der Waals surface area contributed by atoms with Crippen molar-refractivity contribution in [2.75, 3.05) is 6.54 Å². The van der Waals surface area contributed by atoms with Crippen molar-refractivity contribution in [1.82, 2.24) is 20.3 Å². The van der Waals surface area contributed by atoms with Gasteiger partial charge in [0.05, 0.1) is 17.4 Å². The molecule has 48 heavy (non-hydrogen) atoms. The number of halogens is 1. The molecule has 1 saturated heterocycles. The smallest absolute Gasteiger partial charge is 0.408 e. The number of nitrogens with zero attached hydrogens (tertiary/aromatic N) is 1. The summed E-state index contributed by atoms with van der Waals surface area (Å²) in [6.07, 6.45) is 6.07. The van der Waals surface area contributed by atoms with Gasteiger partial charge >= 0.3 is 12.1 Å². The van der Waals surface area contributed by atoms with Crippen molar-refractivity contribution in [3.8, 4) is 0 Å². The number of allylic oxidation sites excluding steroid dienone is 1. The quantitative estimate of drug-likeness (QED) is 0.296. The van der Waals surface area contributed by atoms with Gasteiger partial charge in [-0.15, -0.1) is 0 Å². The highest BCUT2D eigenvalue weighted by molar-refractivity contribution is 7.91. The van der Waals surface area contributed by atoms with Crippen molar-refractivity contribution in [2.24, 2.45) is 5.92 Å². The number of esters is 1. The Balaban J connectivity index is 1.43. The van der Waals surface area contributed by atoms with Crippen molar-refractivity contribution >= 4 is 51.4 Å². The fraction of sp³-hybridized carbons (Fsp3) is 0.606. The van der Waals surface area contributed by atoms with E-state index < -0.39 is 80.3 Å². The molecule has 3 N–H and O–H groups in total. The molecule has 15 heteroatoms. The molecule has 1 aromatic rings. The molecule has 3 fully saturated rings. The zero-order valence-electron chi connectivity index (χ0n) is 27.3. The van der Waals surface area contributed by atoms with Crippen molar-refractivity contribution in [1.29, 1.82) is 0 Å². The number of rotatable bonds is 6. The number of hydrogen-bond acceptors (Lipinski definition) is 9. The second kappa shape index (κ2) is 14.1. The molecule has 2 saturated carbocycles. The van der Waals surface area contributed by atoms with Crippen LogP contribution in [-0.4, -0.2) is 84.2 Å². The zero-order chi connectivity index (χ0) is 34.9. The normalized spacial score (nSPS) is 28.8. The zero-order valence-corrected chi connectivity index (χ0v) is 28.9. The maximum absolute atomic E-state index is 14.2. The largest absolute Gasteiger partial charge is 0.457 e. The lowest BCUT2D eigenvalue weighted by Gasteiger charge is -2.30. The summed E-state index contributed by atoms with van der Waals surface area (Å²) in [7, 11) is -3.90. The van der Waals surface area contributed by atoms with Gasteiger partial charge in [0.1, 0.15) is 29.3 Å². The monoisotopic (exact) mass is 706 g/mol. The Labute approximate surface area is 285 Å². The first kappa shape index (κ1) is 35.7. The van der Waals surface area contributed by atoms with E-state index in [2.05, 4.69) is 15.4 Å². The van der Waals surface area contributed by atoms with Crippen molar-refractivity contribution in [3.63, 3.8) is 0 Å². The minimum Gasteiger partial charge on any atom is -0.457 e. The van der Waals surface area contributed by atoms with Crippen LogP contribution in [0.2, 0.25) is 5.02 Å². The highest BCUT2D eigenvalue weighted by Gasteiger charge is 2.62. The average molecular weight is 707 g/mol. The number of fused-ring (bicyclic) bond motifs is 2. The summed E-state index contributed by atoms with van der Waals surface area (Å²) < 4.78 is 38.7. The number of amides is 4. The topological polar surface area (TPSA) is 177 Å². The summed E-state index contributed by atoms with van der Waals surface area (Å²) in [5.74, 6) is -3.26. The van der Waals surface area contributed by atoms with Crippen LogP contribution in [-0.2, 0) is 33.9 Å². The Kier molecular flexibility index (Phi) is 10.4. The first-order chi connectivity index (χ1) is 22.6. The highest BCUT2D eigenvalue weighted by Crippen LogP contribution is 2.46. The van der Waals surface area contributed by atoms with Crippen LogP contribution in [0.4, 0.5) is 4.79 Å². The molecule has 0 spiro atoms. The van der Waals surface area contributed by atoms with Crippen LogP contribution in [0.15, 0.2) is 36.4 Å². The van der Waals surface area contributed by atoms with Crippen LogP contribution in [0.1, 0.15) is 88.9 Å². The number of ether oxygens (including phenoxy) is 2. The maximum atomic E-state index is 14.2. The molecule has 262 valence electrons. The molecule has 5 unspecified atom stereocenters. The van der Waals surface area contributed by atoms with Crippen LogP contribution >= 0.6 is 11.6 Å². The molecule has 2 aliphatic carbocycles. The Bertz CT molecular complexity index is 1590. The number of benzene rings is 1. The van der Waals surface area contributed by atoms with E-state index in [1.165, 1.54) is 17.0 Å². The molecule has 5 atom stereocenters. The van der Waals surface area contributed by atoms with Gasteiger partial charge in [-0.3, -0.25) is 19.1 Å². The van der Waals surface area contributed by atoms with Gasteiger partial charge in [0.25, 0.3) is 5.91 Å². The van der Waals surface area contributed by atoms with E-state index >= 15 is 0 Å². The van der Waals surface area contributed by atoms with Crippen molar-refractivity contribution in [3.05, 3.63) is 47.0 Å². The van der Waals surface area contributed by atoms with E-state index in [1.807, 2.05) is 12.2 Å². The number of nitrogens with one attached hydrogen (secondary N) is 3. The summed E-state index contributed by atoms with van der Waals surface area (Å²) in [4.78, 5) is 68.9. The summed E-state index contributed by atoms with van der Waals surface area (Å²) in [5.41, 5.74) is -2.17. The molecule has 2 heterocycles. The number of sulfonamides is 1. The molecule has 0 radical (unpaired) electrons. The molecule has 0 aromatic heterocycles. The molecule has 13 nitrogen and oxygen atoms in total. The SMILES string of the molecule is CC(C)(C)OC(=O)NC1CCCCC/C=C/C2CC2(C(=O)NS(=O)(=O)C2CC2)NC(=O)C2CC(OC(=O)c3cccc(Cl)c3)CN2C1=O. The molecule has 2 aliphatic heterocycles. The minimum atomic E-state index is -3.90. The Morgan fingerprint density at radius 1 is 1.08 bits per heavy atom. The fourth-order valence-electron chi connectivity index (χ4n) is 6.13. The standard InChI is InChI=1S/C33H43ClN4O9S/c1-32(2,3)47-31(43)35-25-13-8-6-4-5-7-11-21-18-33(21,30(42)37-48(44,45)24-14-15-24)36-27(39)26-17-23(19-38(26)28(25)40)46-29(41)20-10-9-12-22(34)16-20/h7,9-12,16,21,23-26H,4-6,8,13-15,17-19H2,1-3H3,(H,35,43)(H,36,39)(H,37,42)/b11-7+. The molecule has 5 rings (SSSR count). The summed E-state index contributed by atoms with van der Waals surface area (Å²) in [6.45, 7) is 4.94. The van der Waals surface area contributed by atoms with Crippen LogP contribution in [0.5, 0.6) is 0 Å². The second-order valence-electron chi connectivity index (χ2n) is 14.0. The molecular formula is C33H43ClN4O9S. The summed E-state index contributed by atoms with van der Waals surface area (Å²) >= 11 is 6.05. The number of carbonyl (C=O) groups excluding carboxylic acids is 5. The number of alkyl carbamates (subject to hydrolysis) is 1. The predicted octanol–water partition coefficient (Wildman–Crippen LogP) is 3.36. The second-order valence-corrected chi connectivity index (χ2v) is 16.4. The third kappa shape index (κ3) is 8.68. The first-order valence-corrected chi connectivity index (χ1v) is 18.3. The minimum absolute atomic E-state index is 0.0956. The lowest BCUT2D eigenvalue weighted by atomic mass is 10.0. The van der Waals surface area contributed by atoms with Crippen molar-refractivity contribution < 1.29 is 41.9 Å². The number of hydrogen-bond donors (Lipinski definition) is 3. The van der Waals surface area contributed by atoms with Crippen LogP contribution in [0.25, 0.3) is 0 Å². The third-order valence-electron chi connectivity index (χ3n) is 8.87. The summed E-state index contributed by atoms with van der Waals surface area (Å²) in [6, 6.07) is 3.92. The lowest BCUT2D eigenvalue weighted by Crippen LogP contribution is -2.58. The Morgan fingerprint density at radius 2 is 1.83 bits per heavy atom. The van der Waals surface area contributed by atoms with Gasteiger partial charge in [-0.05, 0) is 77.5 Å². The first-order valence-electron chi connectivity index (χ1n) is 16.4. The highest BCUT2D eigenvalue weighted by atomic mass is 35.5. The van der Waals surface area contributed by atoms with Gasteiger partial charge in [-0.1, -0.05) is 42.7 Å². The van der Waals surface area contributed by atoms with Gasteiger partial charge in [0.15, 0.2) is 0 Å². The fourth-order valence-corrected chi connectivity index (χ4v) is 7.69. The van der Waals surface area contributed by atoms with E-state index in [9.17, 15) is 32.4 Å². The molecule has 0 bridgehead atoms. The van der Waals surface area contributed by atoms with E-state index in [-0.39, 0.29) is 31.4 Å². The van der Waals surface area contributed by atoms with Crippen molar-refractivity contribution in [2.45, 2.75) is 113 Å². The third-order valence-corrected chi connectivity index (χ3v) is 10.9. The summed E-state index contributed by atoms with van der Waals surface area (Å²) in [5, 5.41) is 5.13. The van der Waals surface area contributed by atoms with Gasteiger partial charge in [0, 0.05) is 17.4 Å². The maximum Gasteiger partial charge on any atom is 0.408 e. The van der Waals surface area contributed by atoms with Gasteiger partial charge in [-0.25, -0.2) is 18.0 Å². The van der Waals surface area contributed by atoms with Crippen LogP contribution < -0.4 is 15.4 Å². The number of carbonyl (C=O) groups is 5. The van der Waals surface area contributed by atoms with E-state index in [1.54, 1.807) is 32.9 Å². The molecule has 4 aliphatic rings. The Hall–Kier alpha value is -3.65. The predicted molar refractivity (Wildman–Crippen MR) is 175 cm³/mol. The Morgan fingerprint density at radius 3 is 2.52 bits per heavy atom. The molecule has 4 amide bonds. The van der Waals surface area contributed by atoms with Gasteiger partial charge < -0.3 is 25.0 Å². The van der Waals surface area contributed by atoms with Gasteiger partial charge in [-0.2, -0.15) is 0 Å².